The predicted molar refractivity (Wildman–Crippen MR) is 99.5 cm³/mol. The number of nitrogens with one attached hydrogen (secondary N) is 2. The molecule has 0 aromatic carbocycles. The van der Waals surface area contributed by atoms with Crippen LogP contribution in [0.5, 0.6) is 0 Å². The van der Waals surface area contributed by atoms with Gasteiger partial charge in [-0.1, -0.05) is 12.2 Å². The van der Waals surface area contributed by atoms with Crippen molar-refractivity contribution >= 4 is 17.8 Å². The number of nitrogens with zero attached hydrogens (tertiary/aromatic N) is 2. The molecule has 0 radical (unpaired) electrons. The number of aliphatic imine (C=N–C) groups is 1. The van der Waals surface area contributed by atoms with Gasteiger partial charge in [-0.05, 0) is 38.0 Å². The Bertz CT molecular complexity index is 559. The normalized spacial score (nSPS) is 29.6. The van der Waals surface area contributed by atoms with Crippen LogP contribution in [0, 0.1) is 23.7 Å². The maximum absolute atomic E-state index is 12.6. The third-order valence-electron chi connectivity index (χ3n) is 5.60. The molecule has 2 bridgehead atoms. The number of fused-ring (bicyclic) bond motifs is 5. The average Bonchev–Trinajstić information content (AvgIpc) is 3.32. The molecule has 26 heavy (non-hydrogen) atoms. The number of hydrogen-bond donors (Lipinski definition) is 2. The molecule has 3 rings (SSSR count). The molecule has 1 heterocycles. The van der Waals surface area contributed by atoms with E-state index in [1.807, 2.05) is 6.92 Å². The molecule has 4 atom stereocenters. The van der Waals surface area contributed by atoms with Crippen molar-refractivity contribution in [1.29, 1.82) is 0 Å². The summed E-state index contributed by atoms with van der Waals surface area (Å²) in [5.41, 5.74) is 0. The average molecular weight is 362 g/mol. The van der Waals surface area contributed by atoms with Crippen molar-refractivity contribution in [3.05, 3.63) is 12.2 Å². The minimum Gasteiger partial charge on any atom is -0.382 e. The molecule has 2 fully saturated rings. The van der Waals surface area contributed by atoms with Gasteiger partial charge in [0, 0.05) is 39.9 Å². The van der Waals surface area contributed by atoms with Gasteiger partial charge in [-0.15, -0.1) is 0 Å². The van der Waals surface area contributed by atoms with Gasteiger partial charge >= 0.3 is 0 Å². The van der Waals surface area contributed by atoms with Gasteiger partial charge in [0.15, 0.2) is 5.96 Å². The van der Waals surface area contributed by atoms with Crippen LogP contribution in [0.3, 0.4) is 0 Å². The number of hydrogen-bond acceptors (Lipinski definition) is 4. The van der Waals surface area contributed by atoms with Gasteiger partial charge in [0.1, 0.15) is 0 Å². The van der Waals surface area contributed by atoms with Crippen LogP contribution < -0.4 is 10.6 Å². The highest BCUT2D eigenvalue weighted by Crippen LogP contribution is 2.52. The van der Waals surface area contributed by atoms with Gasteiger partial charge < -0.3 is 15.4 Å². The number of carbonyl (C=O) groups excluding carboxylic acids is 2. The summed E-state index contributed by atoms with van der Waals surface area (Å²) in [6.07, 6.45) is 6.88. The van der Waals surface area contributed by atoms with E-state index in [0.29, 0.717) is 13.1 Å². The lowest BCUT2D eigenvalue weighted by molar-refractivity contribution is -0.140. The molecular weight excluding hydrogens is 332 g/mol. The summed E-state index contributed by atoms with van der Waals surface area (Å²) < 4.78 is 5.30. The number of carbonyl (C=O) groups is 2. The van der Waals surface area contributed by atoms with E-state index in [0.717, 1.165) is 45.0 Å². The van der Waals surface area contributed by atoms with Crippen LogP contribution >= 0.6 is 0 Å². The van der Waals surface area contributed by atoms with Gasteiger partial charge in [-0.3, -0.25) is 19.5 Å². The van der Waals surface area contributed by atoms with Gasteiger partial charge in [0.25, 0.3) is 0 Å². The van der Waals surface area contributed by atoms with E-state index in [4.69, 9.17) is 4.74 Å². The summed E-state index contributed by atoms with van der Waals surface area (Å²) in [6, 6.07) is 0. The number of amides is 2. The lowest BCUT2D eigenvalue weighted by Crippen LogP contribution is -2.40. The Morgan fingerprint density at radius 3 is 2.35 bits per heavy atom. The molecule has 2 amide bonds. The van der Waals surface area contributed by atoms with E-state index < -0.39 is 0 Å². The van der Waals surface area contributed by atoms with E-state index in [-0.39, 0.29) is 35.5 Å². The fourth-order valence-corrected chi connectivity index (χ4v) is 4.37. The second kappa shape index (κ2) is 8.66. The molecule has 0 aromatic heterocycles. The maximum Gasteiger partial charge on any atom is 0.233 e. The number of ether oxygens (including phenoxy) is 1. The maximum atomic E-state index is 12.6. The minimum absolute atomic E-state index is 0.0373. The zero-order valence-electron chi connectivity index (χ0n) is 15.7. The second-order valence-corrected chi connectivity index (χ2v) is 7.16. The summed E-state index contributed by atoms with van der Waals surface area (Å²) in [5, 5.41) is 6.46. The fraction of sp³-hybridized carbons (Fsp3) is 0.737. The van der Waals surface area contributed by atoms with E-state index in [1.54, 1.807) is 7.05 Å². The molecular formula is C19H30N4O3. The minimum atomic E-state index is -0.0924. The van der Waals surface area contributed by atoms with Crippen LogP contribution in [-0.2, 0) is 14.3 Å². The molecule has 1 saturated carbocycles. The zero-order valence-corrected chi connectivity index (χ0v) is 15.7. The van der Waals surface area contributed by atoms with Crippen molar-refractivity contribution < 1.29 is 14.3 Å². The third kappa shape index (κ3) is 3.77. The topological polar surface area (TPSA) is 83.0 Å². The Hall–Kier alpha value is -1.89. The molecule has 0 aromatic rings. The standard InChI is InChI=1S/C19H30N4O3/c1-3-26-11-5-9-22-19(20-2)21-8-4-10-23-17(24)15-13-6-7-14(12-13)16(15)18(23)25/h6-7,13-16H,3-5,8-12H2,1-2H3,(H2,20,21,22). The summed E-state index contributed by atoms with van der Waals surface area (Å²) >= 11 is 0. The first kappa shape index (κ1) is 18.9. The molecule has 1 saturated heterocycles. The van der Waals surface area contributed by atoms with Crippen molar-refractivity contribution in [3.8, 4) is 0 Å². The Balaban J connectivity index is 1.36. The summed E-state index contributed by atoms with van der Waals surface area (Å²) in [7, 11) is 1.73. The monoisotopic (exact) mass is 362 g/mol. The van der Waals surface area contributed by atoms with Crippen LogP contribution in [0.4, 0.5) is 0 Å². The summed E-state index contributed by atoms with van der Waals surface area (Å²) in [6.45, 7) is 5.40. The van der Waals surface area contributed by atoms with E-state index in [1.165, 1.54) is 4.90 Å². The van der Waals surface area contributed by atoms with E-state index in [2.05, 4.69) is 27.8 Å². The van der Waals surface area contributed by atoms with Gasteiger partial charge in [-0.25, -0.2) is 0 Å². The lowest BCUT2D eigenvalue weighted by atomic mass is 9.85. The van der Waals surface area contributed by atoms with Crippen LogP contribution in [0.15, 0.2) is 17.1 Å². The Morgan fingerprint density at radius 2 is 1.77 bits per heavy atom. The van der Waals surface area contributed by atoms with Crippen molar-refractivity contribution in [2.75, 3.05) is 39.9 Å². The second-order valence-electron chi connectivity index (χ2n) is 7.16. The lowest BCUT2D eigenvalue weighted by Gasteiger charge is -2.18. The van der Waals surface area contributed by atoms with Crippen molar-refractivity contribution in [2.45, 2.75) is 26.2 Å². The van der Waals surface area contributed by atoms with Crippen LogP contribution in [0.1, 0.15) is 26.2 Å². The Labute approximate surface area is 155 Å². The smallest absolute Gasteiger partial charge is 0.233 e. The molecule has 2 aliphatic carbocycles. The first-order valence-electron chi connectivity index (χ1n) is 9.73. The predicted octanol–water partition coefficient (Wildman–Crippen LogP) is 0.775. The van der Waals surface area contributed by atoms with Crippen molar-refractivity contribution in [3.63, 3.8) is 0 Å². The highest BCUT2D eigenvalue weighted by molar-refractivity contribution is 6.06. The fourth-order valence-electron chi connectivity index (χ4n) is 4.37. The molecule has 7 heteroatoms. The van der Waals surface area contributed by atoms with Crippen LogP contribution in [0.2, 0.25) is 0 Å². The molecule has 1 aliphatic heterocycles. The first-order chi connectivity index (χ1) is 12.7. The van der Waals surface area contributed by atoms with Gasteiger partial charge in [0.05, 0.1) is 11.8 Å². The molecule has 144 valence electrons. The molecule has 4 unspecified atom stereocenters. The summed E-state index contributed by atoms with van der Waals surface area (Å²) in [5.74, 6) is 1.19. The molecule has 2 N–H and O–H groups in total. The van der Waals surface area contributed by atoms with Crippen LogP contribution in [-0.4, -0.2) is 62.6 Å². The van der Waals surface area contributed by atoms with Crippen molar-refractivity contribution in [2.24, 2.45) is 28.7 Å². The summed E-state index contributed by atoms with van der Waals surface area (Å²) in [4.78, 5) is 30.9. The van der Waals surface area contributed by atoms with E-state index >= 15 is 0 Å². The Morgan fingerprint density at radius 1 is 1.15 bits per heavy atom. The number of rotatable bonds is 9. The van der Waals surface area contributed by atoms with Crippen LogP contribution in [0.25, 0.3) is 0 Å². The highest BCUT2D eigenvalue weighted by atomic mass is 16.5. The first-order valence-corrected chi connectivity index (χ1v) is 9.73. The number of likely N-dealkylation sites (tertiary alicyclic amines) is 1. The van der Waals surface area contributed by atoms with Gasteiger partial charge in [0.2, 0.25) is 11.8 Å². The highest BCUT2D eigenvalue weighted by Gasteiger charge is 2.58. The van der Waals surface area contributed by atoms with Crippen molar-refractivity contribution in [1.82, 2.24) is 15.5 Å². The van der Waals surface area contributed by atoms with E-state index in [9.17, 15) is 9.59 Å². The number of imide groups is 1. The Kier molecular flexibility index (Phi) is 6.29. The molecule has 3 aliphatic rings. The zero-order chi connectivity index (χ0) is 18.5. The SMILES string of the molecule is CCOCCCNC(=NC)NCCCN1C(=O)C2C3C=CC(C3)C2C1=O. The molecule has 0 spiro atoms. The number of allylic oxidation sites excluding steroid dienone is 2. The van der Waals surface area contributed by atoms with Gasteiger partial charge in [-0.2, -0.15) is 0 Å². The third-order valence-corrected chi connectivity index (χ3v) is 5.60. The largest absolute Gasteiger partial charge is 0.382 e. The quantitative estimate of drug-likeness (QED) is 0.208. The number of guanidine groups is 1. The molecule has 7 nitrogen and oxygen atoms in total.